The molecule has 0 aliphatic rings. The topological polar surface area (TPSA) is 17.3 Å². The highest BCUT2D eigenvalue weighted by molar-refractivity contribution is 7.80. The van der Waals surface area contributed by atoms with Crippen LogP contribution in [0.15, 0.2) is 29.4 Å². The second-order valence-corrected chi connectivity index (χ2v) is 3.83. The Morgan fingerprint density at radius 1 is 1.38 bits per heavy atom. The molecule has 2 aromatic heterocycles. The summed E-state index contributed by atoms with van der Waals surface area (Å²) in [7, 11) is 0. The number of fused-ring (bicyclic) bond motifs is 1. The van der Waals surface area contributed by atoms with E-state index >= 15 is 0 Å². The second kappa shape index (κ2) is 3.07. The van der Waals surface area contributed by atoms with Crippen molar-refractivity contribution >= 4 is 18.3 Å². The molecule has 0 amide bonds. The first-order valence-electron chi connectivity index (χ1n) is 4.36. The third kappa shape index (κ3) is 1.33. The molecule has 13 heavy (non-hydrogen) atoms. The van der Waals surface area contributed by atoms with E-state index in [0.29, 0.717) is 5.92 Å². The van der Waals surface area contributed by atoms with Gasteiger partial charge in [-0.2, -0.15) is 0 Å². The van der Waals surface area contributed by atoms with Crippen LogP contribution in [-0.4, -0.2) is 9.38 Å². The predicted octanol–water partition coefficient (Wildman–Crippen LogP) is 2.75. The van der Waals surface area contributed by atoms with E-state index in [0.717, 1.165) is 10.7 Å². The third-order valence-electron chi connectivity index (χ3n) is 2.09. The van der Waals surface area contributed by atoms with Gasteiger partial charge in [0.1, 0.15) is 10.7 Å². The highest BCUT2D eigenvalue weighted by atomic mass is 32.1. The lowest BCUT2D eigenvalue weighted by atomic mass is 10.1. The molecule has 0 fully saturated rings. The van der Waals surface area contributed by atoms with Crippen LogP contribution in [0.5, 0.6) is 0 Å². The highest BCUT2D eigenvalue weighted by Crippen LogP contribution is 2.23. The highest BCUT2D eigenvalue weighted by Gasteiger charge is 2.11. The molecular weight excluding hydrogens is 180 g/mol. The predicted molar refractivity (Wildman–Crippen MR) is 56.5 cm³/mol. The molecule has 0 saturated carbocycles. The molecule has 3 heteroatoms. The molecule has 2 aromatic rings. The Kier molecular flexibility index (Phi) is 2.04. The summed E-state index contributed by atoms with van der Waals surface area (Å²) in [6, 6.07) is 5.99. The van der Waals surface area contributed by atoms with Crippen molar-refractivity contribution in [2.45, 2.75) is 24.8 Å². The van der Waals surface area contributed by atoms with Gasteiger partial charge >= 0.3 is 0 Å². The standard InChI is InChI=1S/C10H12N2S/c1-7(2)9-10(13)11-8-5-3-4-6-12(8)9/h3-7,13H,1-2H3. The van der Waals surface area contributed by atoms with E-state index in [1.54, 1.807) is 0 Å². The Morgan fingerprint density at radius 2 is 2.15 bits per heavy atom. The van der Waals surface area contributed by atoms with Crippen LogP contribution in [-0.2, 0) is 0 Å². The normalized spacial score (nSPS) is 11.4. The van der Waals surface area contributed by atoms with Gasteiger partial charge in [0.15, 0.2) is 0 Å². The van der Waals surface area contributed by atoms with Crippen molar-refractivity contribution in [1.29, 1.82) is 0 Å². The first-order valence-corrected chi connectivity index (χ1v) is 4.81. The summed E-state index contributed by atoms with van der Waals surface area (Å²) in [4.78, 5) is 4.36. The zero-order chi connectivity index (χ0) is 9.42. The summed E-state index contributed by atoms with van der Waals surface area (Å²) < 4.78 is 2.09. The van der Waals surface area contributed by atoms with Crippen molar-refractivity contribution in [1.82, 2.24) is 9.38 Å². The van der Waals surface area contributed by atoms with E-state index in [-0.39, 0.29) is 0 Å². The van der Waals surface area contributed by atoms with E-state index in [1.807, 2.05) is 24.4 Å². The van der Waals surface area contributed by atoms with Gasteiger partial charge in [0.25, 0.3) is 0 Å². The Morgan fingerprint density at radius 3 is 2.85 bits per heavy atom. The molecule has 0 radical (unpaired) electrons. The van der Waals surface area contributed by atoms with Crippen LogP contribution in [0.3, 0.4) is 0 Å². The van der Waals surface area contributed by atoms with Crippen LogP contribution in [0.2, 0.25) is 0 Å². The lowest BCUT2D eigenvalue weighted by Crippen LogP contribution is -1.94. The van der Waals surface area contributed by atoms with Crippen LogP contribution < -0.4 is 0 Å². The van der Waals surface area contributed by atoms with Gasteiger partial charge in [-0.05, 0) is 18.1 Å². The molecule has 0 aliphatic carbocycles. The smallest absolute Gasteiger partial charge is 0.138 e. The Labute approximate surface area is 83.0 Å². The maximum Gasteiger partial charge on any atom is 0.138 e. The SMILES string of the molecule is CC(C)c1c(S)nc2ccccn12. The summed E-state index contributed by atoms with van der Waals surface area (Å²) in [5.41, 5.74) is 2.15. The first kappa shape index (κ1) is 8.63. The minimum atomic E-state index is 0.449. The summed E-state index contributed by atoms with van der Waals surface area (Å²) >= 11 is 4.36. The van der Waals surface area contributed by atoms with Crippen LogP contribution in [0.25, 0.3) is 5.65 Å². The van der Waals surface area contributed by atoms with E-state index < -0.39 is 0 Å². The largest absolute Gasteiger partial charge is 0.303 e. The Hall–Kier alpha value is -0.960. The van der Waals surface area contributed by atoms with E-state index in [4.69, 9.17) is 0 Å². The minimum Gasteiger partial charge on any atom is -0.303 e. The molecule has 0 unspecified atom stereocenters. The van der Waals surface area contributed by atoms with Gasteiger partial charge in [-0.15, -0.1) is 12.6 Å². The lowest BCUT2D eigenvalue weighted by Gasteiger charge is -2.04. The van der Waals surface area contributed by atoms with Crippen molar-refractivity contribution < 1.29 is 0 Å². The monoisotopic (exact) mass is 192 g/mol. The molecule has 2 rings (SSSR count). The van der Waals surface area contributed by atoms with E-state index in [9.17, 15) is 0 Å². The average molecular weight is 192 g/mol. The van der Waals surface area contributed by atoms with Crippen molar-refractivity contribution in [3.8, 4) is 0 Å². The Balaban J connectivity index is 2.78. The van der Waals surface area contributed by atoms with Crippen molar-refractivity contribution in [3.63, 3.8) is 0 Å². The fraction of sp³-hybridized carbons (Fsp3) is 0.300. The van der Waals surface area contributed by atoms with Gasteiger partial charge in [-0.3, -0.25) is 0 Å². The van der Waals surface area contributed by atoms with Crippen LogP contribution in [0, 0.1) is 0 Å². The van der Waals surface area contributed by atoms with Crippen molar-refractivity contribution in [2.24, 2.45) is 0 Å². The first-order chi connectivity index (χ1) is 6.20. The molecule has 0 aromatic carbocycles. The number of pyridine rings is 1. The third-order valence-corrected chi connectivity index (χ3v) is 2.42. The molecular formula is C10H12N2S. The summed E-state index contributed by atoms with van der Waals surface area (Å²) in [5.74, 6) is 0.449. The summed E-state index contributed by atoms with van der Waals surface area (Å²) in [5, 5.41) is 0.834. The number of nitrogens with zero attached hydrogens (tertiary/aromatic N) is 2. The number of hydrogen-bond acceptors (Lipinski definition) is 2. The minimum absolute atomic E-state index is 0.449. The van der Waals surface area contributed by atoms with Gasteiger partial charge in [0.05, 0.1) is 5.69 Å². The quantitative estimate of drug-likeness (QED) is 0.688. The second-order valence-electron chi connectivity index (χ2n) is 3.40. The molecule has 0 bridgehead atoms. The van der Waals surface area contributed by atoms with Crippen molar-refractivity contribution in [2.75, 3.05) is 0 Å². The lowest BCUT2D eigenvalue weighted by molar-refractivity contribution is 0.783. The van der Waals surface area contributed by atoms with Crippen LogP contribution in [0.1, 0.15) is 25.5 Å². The fourth-order valence-electron chi connectivity index (χ4n) is 1.54. The van der Waals surface area contributed by atoms with Gasteiger partial charge in [-0.1, -0.05) is 19.9 Å². The molecule has 0 N–H and O–H groups in total. The van der Waals surface area contributed by atoms with Crippen LogP contribution >= 0.6 is 12.6 Å². The molecule has 2 nitrogen and oxygen atoms in total. The van der Waals surface area contributed by atoms with Crippen LogP contribution in [0.4, 0.5) is 0 Å². The van der Waals surface area contributed by atoms with Gasteiger partial charge in [0.2, 0.25) is 0 Å². The molecule has 0 aliphatic heterocycles. The maximum absolute atomic E-state index is 4.36. The summed E-state index contributed by atoms with van der Waals surface area (Å²) in [6.45, 7) is 4.30. The van der Waals surface area contributed by atoms with Gasteiger partial charge in [-0.25, -0.2) is 4.98 Å². The number of thiol groups is 1. The molecule has 0 atom stereocenters. The fourth-order valence-corrected chi connectivity index (χ4v) is 2.01. The van der Waals surface area contributed by atoms with E-state index in [1.165, 1.54) is 5.69 Å². The number of imidazole rings is 1. The average Bonchev–Trinajstić information content (AvgIpc) is 2.39. The number of hydrogen-bond donors (Lipinski definition) is 1. The number of rotatable bonds is 1. The van der Waals surface area contributed by atoms with E-state index in [2.05, 4.69) is 35.9 Å². The Bertz CT molecular complexity index is 431. The maximum atomic E-state index is 4.36. The zero-order valence-electron chi connectivity index (χ0n) is 7.73. The van der Waals surface area contributed by atoms with Crippen molar-refractivity contribution in [3.05, 3.63) is 30.1 Å². The van der Waals surface area contributed by atoms with Gasteiger partial charge < -0.3 is 4.40 Å². The molecule has 0 saturated heterocycles. The molecule has 2 heterocycles. The van der Waals surface area contributed by atoms with Gasteiger partial charge in [0, 0.05) is 6.20 Å². The summed E-state index contributed by atoms with van der Waals surface area (Å²) in [6.07, 6.45) is 2.03. The number of aromatic nitrogens is 2. The molecule has 68 valence electrons. The molecule has 0 spiro atoms. The zero-order valence-corrected chi connectivity index (χ0v) is 8.62.